The van der Waals surface area contributed by atoms with E-state index in [-0.39, 0.29) is 44.0 Å². The van der Waals surface area contributed by atoms with E-state index in [1.165, 1.54) is 12.1 Å². The standard InChI is InChI=1S/C26H16O10/c1-6-3-8(27)12-14-10(6)15-16-20(29)11-7(2)4-9(28)13-18(11)26(22(16)31,5-35-23(13)32)19(15)21(30)17(14)25(34)36-24(12)33/h3-4,16,22,28,31,33-34H,5H2,1-2H3/t16-,22-,26-/m0/s1. The molecule has 2 bridgehead atoms. The number of ether oxygens (including phenoxy) is 1. The molecule has 1 aliphatic heterocycles. The van der Waals surface area contributed by atoms with Gasteiger partial charge in [-0.25, -0.2) is 4.79 Å². The normalized spacial score (nSPS) is 23.8. The Labute approximate surface area is 199 Å². The van der Waals surface area contributed by atoms with Gasteiger partial charge in [0.2, 0.25) is 0 Å². The van der Waals surface area contributed by atoms with Crippen molar-refractivity contribution < 1.29 is 39.2 Å². The molecule has 1 aromatic heterocycles. The van der Waals surface area contributed by atoms with Gasteiger partial charge in [0.1, 0.15) is 28.7 Å². The maximum Gasteiger partial charge on any atom is 0.342 e. The van der Waals surface area contributed by atoms with Crippen LogP contribution < -0.4 is 10.9 Å². The number of fused-ring (bicyclic) bond motifs is 4. The summed E-state index contributed by atoms with van der Waals surface area (Å²) in [5.41, 5.74) is -2.67. The number of carbonyl (C=O) groups excluding carboxylic acids is 2. The molecule has 1 spiro atoms. The fraction of sp³-hybridized carbons (Fsp3) is 0.231. The van der Waals surface area contributed by atoms with Crippen molar-refractivity contribution in [2.45, 2.75) is 31.3 Å². The van der Waals surface area contributed by atoms with Gasteiger partial charge >= 0.3 is 5.97 Å². The molecule has 2 heterocycles. The summed E-state index contributed by atoms with van der Waals surface area (Å²) in [5, 5.41) is 42.7. The van der Waals surface area contributed by atoms with E-state index >= 15 is 0 Å². The third kappa shape index (κ3) is 1.94. The number of carbonyl (C=O) groups is 2. The number of aromatic hydroxyl groups is 3. The van der Waals surface area contributed by atoms with Gasteiger partial charge in [0.15, 0.2) is 16.6 Å². The molecular weight excluding hydrogens is 472 g/mol. The van der Waals surface area contributed by atoms with Gasteiger partial charge in [-0.15, -0.1) is 0 Å². The van der Waals surface area contributed by atoms with Crippen molar-refractivity contribution in [3.05, 3.63) is 71.5 Å². The number of hydrogen-bond donors (Lipinski definition) is 4. The molecule has 36 heavy (non-hydrogen) atoms. The van der Waals surface area contributed by atoms with Crippen LogP contribution in [0.4, 0.5) is 0 Å². The van der Waals surface area contributed by atoms with Crippen molar-refractivity contribution in [1.82, 2.24) is 0 Å². The number of cyclic esters (lactones) is 1. The number of hydrogen-bond acceptors (Lipinski definition) is 10. The van der Waals surface area contributed by atoms with Gasteiger partial charge in [-0.2, -0.15) is 0 Å². The van der Waals surface area contributed by atoms with Gasteiger partial charge in [0, 0.05) is 16.5 Å². The summed E-state index contributed by atoms with van der Waals surface area (Å²) in [4.78, 5) is 53.5. The highest BCUT2D eigenvalue weighted by Crippen LogP contribution is 2.61. The minimum Gasteiger partial charge on any atom is -0.507 e. The lowest BCUT2D eigenvalue weighted by atomic mass is 9.63. The molecule has 4 aromatic rings. The molecule has 4 N–H and O–H groups in total. The summed E-state index contributed by atoms with van der Waals surface area (Å²) in [7, 11) is 0. The summed E-state index contributed by atoms with van der Waals surface area (Å²) in [5.74, 6) is -5.01. The predicted octanol–water partition coefficient (Wildman–Crippen LogP) is 1.59. The second-order valence-corrected chi connectivity index (χ2v) is 9.69. The van der Waals surface area contributed by atoms with Crippen molar-refractivity contribution in [2.75, 3.05) is 6.61 Å². The van der Waals surface area contributed by atoms with Crippen LogP contribution in [0.15, 0.2) is 26.1 Å². The topological polar surface area (TPSA) is 172 Å². The quantitative estimate of drug-likeness (QED) is 0.266. The number of rotatable bonds is 0. The molecule has 0 amide bonds. The van der Waals surface area contributed by atoms with Crippen molar-refractivity contribution in [2.24, 2.45) is 0 Å². The second kappa shape index (κ2) is 6.03. The van der Waals surface area contributed by atoms with Gasteiger partial charge in [-0.3, -0.25) is 14.4 Å². The lowest BCUT2D eigenvalue weighted by molar-refractivity contribution is 0.00750. The highest BCUT2D eigenvalue weighted by molar-refractivity contribution is 6.20. The molecule has 180 valence electrons. The zero-order valence-corrected chi connectivity index (χ0v) is 18.8. The fourth-order valence-corrected chi connectivity index (χ4v) is 6.78. The minimum atomic E-state index is -1.72. The highest BCUT2D eigenvalue weighted by atomic mass is 16.5. The molecule has 0 saturated carbocycles. The van der Waals surface area contributed by atoms with Gasteiger partial charge in [-0.05, 0) is 53.6 Å². The maximum absolute atomic E-state index is 14.1. The van der Waals surface area contributed by atoms with Crippen LogP contribution in [0.5, 0.6) is 17.6 Å². The van der Waals surface area contributed by atoms with E-state index < -0.39 is 69.7 Å². The minimum absolute atomic E-state index is 0.0105. The van der Waals surface area contributed by atoms with Crippen LogP contribution in [0.25, 0.3) is 21.5 Å². The van der Waals surface area contributed by atoms with Crippen LogP contribution in [-0.4, -0.2) is 44.9 Å². The molecule has 0 saturated heterocycles. The number of aliphatic hydroxyl groups is 1. The molecule has 0 radical (unpaired) electrons. The zero-order chi connectivity index (χ0) is 25.6. The second-order valence-electron chi connectivity index (χ2n) is 9.69. The molecule has 3 aromatic carbocycles. The third-order valence-electron chi connectivity index (χ3n) is 8.04. The van der Waals surface area contributed by atoms with E-state index in [2.05, 4.69) is 0 Å². The van der Waals surface area contributed by atoms with Crippen LogP contribution in [0, 0.1) is 13.8 Å². The SMILES string of the molecule is Cc1cc(O)c2c3c1C(=O)[C@@H]1c4c(c(=O)c5c(O)oc(O)c6c(=O)cc(C)c4c65)[C@@]3(COC2=O)[C@H]1O. The van der Waals surface area contributed by atoms with Gasteiger partial charge in [0.25, 0.3) is 11.9 Å². The average Bonchev–Trinajstić information content (AvgIpc) is 2.97. The largest absolute Gasteiger partial charge is 0.507 e. The summed E-state index contributed by atoms with van der Waals surface area (Å²) in [6.07, 6.45) is -1.55. The Balaban J connectivity index is 1.82. The molecule has 7 rings (SSSR count). The number of phenols is 1. The van der Waals surface area contributed by atoms with Crippen LogP contribution in [-0.2, 0) is 10.2 Å². The fourth-order valence-electron chi connectivity index (χ4n) is 6.78. The van der Waals surface area contributed by atoms with Crippen LogP contribution in [0.2, 0.25) is 0 Å². The molecular formula is C26H16O10. The Morgan fingerprint density at radius 3 is 2.28 bits per heavy atom. The Morgan fingerprint density at radius 2 is 1.56 bits per heavy atom. The molecule has 0 fully saturated rings. The van der Waals surface area contributed by atoms with Gasteiger partial charge in [-0.1, -0.05) is 0 Å². The predicted molar refractivity (Wildman–Crippen MR) is 122 cm³/mol. The summed E-state index contributed by atoms with van der Waals surface area (Å²) >= 11 is 0. The van der Waals surface area contributed by atoms with Crippen LogP contribution in [0.1, 0.15) is 54.5 Å². The van der Waals surface area contributed by atoms with E-state index in [1.807, 2.05) is 0 Å². The number of benzene rings is 3. The van der Waals surface area contributed by atoms with Gasteiger partial charge in [0.05, 0.1) is 17.4 Å². The first-order valence-corrected chi connectivity index (χ1v) is 11.1. The first kappa shape index (κ1) is 20.9. The first-order valence-electron chi connectivity index (χ1n) is 11.1. The van der Waals surface area contributed by atoms with E-state index in [1.54, 1.807) is 13.8 Å². The van der Waals surface area contributed by atoms with Crippen LogP contribution >= 0.6 is 0 Å². The molecule has 3 aliphatic rings. The van der Waals surface area contributed by atoms with Gasteiger partial charge < -0.3 is 29.6 Å². The first-order chi connectivity index (χ1) is 17.0. The van der Waals surface area contributed by atoms with E-state index in [0.717, 1.165) is 0 Å². The Kier molecular flexibility index (Phi) is 3.50. The van der Waals surface area contributed by atoms with E-state index in [9.17, 15) is 39.6 Å². The van der Waals surface area contributed by atoms with Crippen molar-refractivity contribution in [3.8, 4) is 17.6 Å². The van der Waals surface area contributed by atoms with Crippen LogP contribution in [0.3, 0.4) is 0 Å². The Bertz CT molecular complexity index is 1900. The molecule has 10 nitrogen and oxygen atoms in total. The molecule has 2 aliphatic carbocycles. The lowest BCUT2D eigenvalue weighted by Crippen LogP contribution is -2.53. The molecule has 3 atom stereocenters. The molecule has 10 heteroatoms. The number of phenolic OH excluding ortho intramolecular Hbond substituents is 1. The van der Waals surface area contributed by atoms with E-state index in [4.69, 9.17) is 9.15 Å². The monoisotopic (exact) mass is 488 g/mol. The van der Waals surface area contributed by atoms with E-state index in [0.29, 0.717) is 11.1 Å². The Hall–Kier alpha value is -4.44. The number of aryl methyl sites for hydroxylation is 2. The Morgan fingerprint density at radius 1 is 0.861 bits per heavy atom. The zero-order valence-electron chi connectivity index (χ0n) is 18.8. The average molecular weight is 488 g/mol. The number of ketones is 1. The number of Topliss-reactive ketones (excluding diaryl/α,β-unsaturated/α-hetero) is 1. The number of esters is 1. The van der Waals surface area contributed by atoms with Crippen molar-refractivity contribution >= 4 is 33.3 Å². The third-order valence-corrected chi connectivity index (χ3v) is 8.04. The lowest BCUT2D eigenvalue weighted by Gasteiger charge is -2.43. The molecule has 0 unspecified atom stereocenters. The summed E-state index contributed by atoms with van der Waals surface area (Å²) in [6.45, 7) is 2.66. The highest BCUT2D eigenvalue weighted by Gasteiger charge is 2.65. The number of aliphatic hydroxyl groups excluding tert-OH is 1. The summed E-state index contributed by atoms with van der Waals surface area (Å²) < 4.78 is 10.3. The maximum atomic E-state index is 14.1. The smallest absolute Gasteiger partial charge is 0.342 e. The van der Waals surface area contributed by atoms with Crippen molar-refractivity contribution in [1.29, 1.82) is 0 Å². The summed E-state index contributed by atoms with van der Waals surface area (Å²) in [6, 6.07) is 2.47. The van der Waals surface area contributed by atoms with Crippen molar-refractivity contribution in [3.63, 3.8) is 0 Å².